The fourth-order valence-electron chi connectivity index (χ4n) is 2.65. The number of ether oxygens (including phenoxy) is 3. The van der Waals surface area contributed by atoms with Crippen molar-refractivity contribution in [2.75, 3.05) is 20.3 Å². The van der Waals surface area contributed by atoms with Crippen LogP contribution < -0.4 is 9.47 Å². The maximum atomic E-state index is 5.88. The molecule has 0 radical (unpaired) electrons. The van der Waals surface area contributed by atoms with Gasteiger partial charge in [-0.15, -0.1) is 17.5 Å². The largest absolute Gasteiger partial charge is 0.491 e. The van der Waals surface area contributed by atoms with Crippen molar-refractivity contribution in [1.29, 1.82) is 0 Å². The van der Waals surface area contributed by atoms with Gasteiger partial charge in [0.2, 0.25) is 11.8 Å². The maximum Gasteiger partial charge on any atom is 0.240 e. The van der Waals surface area contributed by atoms with Gasteiger partial charge in [-0.3, -0.25) is 5.10 Å². The van der Waals surface area contributed by atoms with Crippen LogP contribution in [0.2, 0.25) is 0 Å². The highest BCUT2D eigenvalue weighted by Gasteiger charge is 2.10. The average Bonchev–Trinajstić information content (AvgIpc) is 3.18. The first-order chi connectivity index (χ1) is 13.3. The van der Waals surface area contributed by atoms with Crippen LogP contribution in [-0.2, 0) is 4.74 Å². The number of aromatic amines is 1. The Bertz CT molecular complexity index is 1040. The summed E-state index contributed by atoms with van der Waals surface area (Å²) in [6, 6.07) is 17.3. The van der Waals surface area contributed by atoms with Crippen molar-refractivity contribution >= 4 is 23.3 Å². The predicted octanol–water partition coefficient (Wildman–Crippen LogP) is 4.26. The van der Waals surface area contributed by atoms with Crippen molar-refractivity contribution in [3.63, 3.8) is 0 Å². The third kappa shape index (κ3) is 4.39. The Morgan fingerprint density at radius 1 is 0.964 bits per heavy atom. The number of aromatic nitrogens is 4. The summed E-state index contributed by atoms with van der Waals surface area (Å²) in [5, 5.41) is 7.97. The lowest BCUT2D eigenvalue weighted by Gasteiger charge is -2.08. The summed E-state index contributed by atoms with van der Waals surface area (Å²) >= 11 is 0. The molecule has 144 valence electrons. The Balaban J connectivity index is 0.00000225. The van der Waals surface area contributed by atoms with E-state index >= 15 is 0 Å². The van der Waals surface area contributed by atoms with Gasteiger partial charge in [0.15, 0.2) is 0 Å². The van der Waals surface area contributed by atoms with Gasteiger partial charge in [-0.2, -0.15) is 0 Å². The Kier molecular flexibility index (Phi) is 6.41. The fourth-order valence-corrected chi connectivity index (χ4v) is 2.65. The van der Waals surface area contributed by atoms with Crippen LogP contribution in [0.1, 0.15) is 0 Å². The number of hydrogen-bond acceptors (Lipinski definition) is 6. The van der Waals surface area contributed by atoms with Crippen LogP contribution >= 0.6 is 12.4 Å². The van der Waals surface area contributed by atoms with E-state index in [1.807, 2.05) is 54.6 Å². The summed E-state index contributed by atoms with van der Waals surface area (Å²) in [6.45, 7) is 1.01. The van der Waals surface area contributed by atoms with Crippen molar-refractivity contribution in [3.05, 3.63) is 60.9 Å². The van der Waals surface area contributed by atoms with Gasteiger partial charge in [0.05, 0.1) is 23.2 Å². The number of methoxy groups -OCH3 is 1. The Morgan fingerprint density at radius 2 is 1.82 bits per heavy atom. The first-order valence-electron chi connectivity index (χ1n) is 8.48. The minimum atomic E-state index is 0. The van der Waals surface area contributed by atoms with E-state index in [9.17, 15) is 0 Å². The van der Waals surface area contributed by atoms with Crippen LogP contribution in [0.3, 0.4) is 0 Å². The van der Waals surface area contributed by atoms with E-state index in [2.05, 4.69) is 20.2 Å². The molecule has 0 aliphatic rings. The van der Waals surface area contributed by atoms with Crippen molar-refractivity contribution in [1.82, 2.24) is 20.2 Å². The zero-order chi connectivity index (χ0) is 18.5. The molecule has 0 unspecified atom stereocenters. The molecule has 2 aromatic carbocycles. The molecule has 0 saturated heterocycles. The molecule has 0 aliphatic carbocycles. The molecule has 7 nitrogen and oxygen atoms in total. The molecule has 0 aliphatic heterocycles. The van der Waals surface area contributed by atoms with Crippen LogP contribution in [0.5, 0.6) is 17.5 Å². The minimum absolute atomic E-state index is 0. The van der Waals surface area contributed by atoms with Gasteiger partial charge in [-0.05, 0) is 17.7 Å². The van der Waals surface area contributed by atoms with E-state index in [-0.39, 0.29) is 12.4 Å². The first kappa shape index (κ1) is 19.6. The second-order valence-corrected chi connectivity index (χ2v) is 5.79. The highest BCUT2D eigenvalue weighted by Crippen LogP contribution is 2.29. The van der Waals surface area contributed by atoms with Crippen molar-refractivity contribution in [3.8, 4) is 28.8 Å². The summed E-state index contributed by atoms with van der Waals surface area (Å²) < 4.78 is 16.5. The molecular formula is C20H19ClN4O3. The van der Waals surface area contributed by atoms with Crippen LogP contribution in [0, 0.1) is 0 Å². The minimum Gasteiger partial charge on any atom is -0.491 e. The zero-order valence-electron chi connectivity index (χ0n) is 15.2. The molecule has 0 atom stereocenters. The van der Waals surface area contributed by atoms with Crippen molar-refractivity contribution in [2.24, 2.45) is 0 Å². The Hall–Kier alpha value is -3.16. The van der Waals surface area contributed by atoms with Gasteiger partial charge < -0.3 is 14.2 Å². The molecule has 2 aromatic heterocycles. The summed E-state index contributed by atoms with van der Waals surface area (Å²) in [4.78, 5) is 8.54. The Morgan fingerprint density at radius 3 is 2.64 bits per heavy atom. The van der Waals surface area contributed by atoms with E-state index in [1.165, 1.54) is 6.33 Å². The number of fused-ring (bicyclic) bond motifs is 1. The quantitative estimate of drug-likeness (QED) is 0.468. The lowest BCUT2D eigenvalue weighted by atomic mass is 10.2. The summed E-state index contributed by atoms with van der Waals surface area (Å²) in [5.74, 6) is 1.60. The predicted molar refractivity (Wildman–Crippen MR) is 108 cm³/mol. The second-order valence-electron chi connectivity index (χ2n) is 5.79. The number of H-pyrrole nitrogens is 1. The number of nitrogens with zero attached hydrogens (tertiary/aromatic N) is 3. The van der Waals surface area contributed by atoms with Crippen molar-refractivity contribution in [2.45, 2.75) is 0 Å². The molecule has 0 bridgehead atoms. The summed E-state index contributed by atoms with van der Waals surface area (Å²) in [6.07, 6.45) is 1.46. The normalized spacial score (nSPS) is 10.5. The molecule has 1 N–H and O–H groups in total. The molecule has 0 fully saturated rings. The van der Waals surface area contributed by atoms with Crippen LogP contribution in [-0.4, -0.2) is 40.5 Å². The molecule has 0 amide bonds. The molecule has 2 heterocycles. The molecule has 4 rings (SSSR count). The molecule has 4 aromatic rings. The van der Waals surface area contributed by atoms with Gasteiger partial charge in [0, 0.05) is 19.2 Å². The van der Waals surface area contributed by atoms with Crippen LogP contribution in [0.15, 0.2) is 60.9 Å². The topological polar surface area (TPSA) is 82.2 Å². The van der Waals surface area contributed by atoms with Gasteiger partial charge in [-0.25, -0.2) is 9.97 Å². The van der Waals surface area contributed by atoms with E-state index in [0.717, 1.165) is 27.9 Å². The van der Waals surface area contributed by atoms with Gasteiger partial charge in [0.1, 0.15) is 18.7 Å². The highest BCUT2D eigenvalue weighted by molar-refractivity contribution is 5.85. The number of benzene rings is 2. The van der Waals surface area contributed by atoms with E-state index in [4.69, 9.17) is 14.2 Å². The SMILES string of the molecule is COCCOc1ccc2c(Oc3cc(-c4ccccc4)[nH]n3)ncnc2c1.Cl. The lowest BCUT2D eigenvalue weighted by Crippen LogP contribution is -2.04. The van der Waals surface area contributed by atoms with Gasteiger partial charge in [0.25, 0.3) is 0 Å². The standard InChI is InChI=1S/C20H18N4O3.ClH/c1-25-9-10-26-15-7-8-16-18(11-15)21-13-22-20(16)27-19-12-17(23-24-19)14-5-3-2-4-6-14;/h2-8,11-13H,9-10H2,1H3,(H,23,24);1H. The van der Waals surface area contributed by atoms with Gasteiger partial charge >= 0.3 is 0 Å². The summed E-state index contributed by atoms with van der Waals surface area (Å²) in [5.41, 5.74) is 2.64. The van der Waals surface area contributed by atoms with Gasteiger partial charge in [-0.1, -0.05) is 30.3 Å². The van der Waals surface area contributed by atoms with Crippen LogP contribution in [0.4, 0.5) is 0 Å². The smallest absolute Gasteiger partial charge is 0.240 e. The third-order valence-corrected chi connectivity index (χ3v) is 3.97. The highest BCUT2D eigenvalue weighted by atomic mass is 35.5. The molecule has 0 spiro atoms. The number of nitrogens with one attached hydrogen (secondary N) is 1. The fraction of sp³-hybridized carbons (Fsp3) is 0.150. The third-order valence-electron chi connectivity index (χ3n) is 3.97. The average molecular weight is 399 g/mol. The molecular weight excluding hydrogens is 380 g/mol. The number of hydrogen-bond donors (Lipinski definition) is 1. The van der Waals surface area contributed by atoms with Crippen molar-refractivity contribution < 1.29 is 14.2 Å². The van der Waals surface area contributed by atoms with E-state index in [1.54, 1.807) is 7.11 Å². The lowest BCUT2D eigenvalue weighted by molar-refractivity contribution is 0.146. The second kappa shape index (κ2) is 9.16. The first-order valence-corrected chi connectivity index (χ1v) is 8.48. The monoisotopic (exact) mass is 398 g/mol. The van der Waals surface area contributed by atoms with E-state index < -0.39 is 0 Å². The molecule has 0 saturated carbocycles. The van der Waals surface area contributed by atoms with E-state index in [0.29, 0.717) is 25.0 Å². The zero-order valence-corrected chi connectivity index (χ0v) is 16.0. The number of halogens is 1. The van der Waals surface area contributed by atoms with Crippen LogP contribution in [0.25, 0.3) is 22.2 Å². The molecule has 8 heteroatoms. The molecule has 28 heavy (non-hydrogen) atoms. The maximum absolute atomic E-state index is 5.88. The number of rotatable bonds is 7. The summed E-state index contributed by atoms with van der Waals surface area (Å²) in [7, 11) is 1.64. The Labute approximate surface area is 168 Å².